The van der Waals surface area contributed by atoms with Crippen LogP contribution in [0.15, 0.2) is 24.3 Å². The van der Waals surface area contributed by atoms with Crippen LogP contribution in [0.25, 0.3) is 0 Å². The van der Waals surface area contributed by atoms with Crippen molar-refractivity contribution in [2.45, 2.75) is 51.5 Å². The molecule has 1 fully saturated rings. The Labute approximate surface area is 127 Å². The molecule has 0 amide bonds. The third-order valence-electron chi connectivity index (χ3n) is 4.57. The second kappa shape index (κ2) is 6.73. The van der Waals surface area contributed by atoms with E-state index in [-0.39, 0.29) is 5.54 Å². The Kier molecular flexibility index (Phi) is 5.22. The number of halogens is 1. The van der Waals surface area contributed by atoms with Gasteiger partial charge in [0, 0.05) is 11.4 Å². The maximum absolute atomic E-state index is 12.9. The van der Waals surface area contributed by atoms with Crippen molar-refractivity contribution in [3.63, 3.8) is 0 Å². The van der Waals surface area contributed by atoms with Gasteiger partial charge in [0.2, 0.25) is 0 Å². The smallest absolute Gasteiger partial charge is 0.157 e. The van der Waals surface area contributed by atoms with Crippen LogP contribution in [-0.4, -0.2) is 29.3 Å². The zero-order chi connectivity index (χ0) is 14.6. The summed E-state index contributed by atoms with van der Waals surface area (Å²) in [5, 5.41) is 0.707. The highest BCUT2D eigenvalue weighted by Crippen LogP contribution is 2.37. The Morgan fingerprint density at radius 2 is 1.90 bits per heavy atom. The molecule has 0 heterocycles. The van der Waals surface area contributed by atoms with Gasteiger partial charge in [0.1, 0.15) is 0 Å². The molecule has 0 radical (unpaired) electrons. The number of nitrogens with zero attached hydrogens (tertiary/aromatic N) is 1. The van der Waals surface area contributed by atoms with Gasteiger partial charge in [-0.25, -0.2) is 0 Å². The van der Waals surface area contributed by atoms with E-state index in [0.717, 1.165) is 44.3 Å². The van der Waals surface area contributed by atoms with Crippen LogP contribution in [-0.2, 0) is 11.2 Å². The minimum absolute atomic E-state index is 0.230. The quantitative estimate of drug-likeness (QED) is 0.787. The molecule has 0 unspecified atom stereocenters. The molecular formula is C17H24ClNO. The second-order valence-corrected chi connectivity index (χ2v) is 6.08. The van der Waals surface area contributed by atoms with Crippen molar-refractivity contribution in [2.24, 2.45) is 0 Å². The lowest BCUT2D eigenvalue weighted by molar-refractivity contribution is -0.130. The number of Topliss-reactive ketones (excluding diaryl/α,β-unsaturated/α-hetero) is 1. The van der Waals surface area contributed by atoms with Crippen molar-refractivity contribution in [3.05, 3.63) is 34.9 Å². The number of likely N-dealkylation sites (N-methyl/N-ethyl adjacent to an activating group) is 1. The van der Waals surface area contributed by atoms with Crippen LogP contribution in [0.1, 0.15) is 45.1 Å². The highest BCUT2D eigenvalue weighted by molar-refractivity contribution is 6.30. The van der Waals surface area contributed by atoms with E-state index in [4.69, 9.17) is 11.6 Å². The van der Waals surface area contributed by atoms with E-state index < -0.39 is 0 Å². The van der Waals surface area contributed by atoms with Gasteiger partial charge in [-0.3, -0.25) is 9.69 Å². The summed E-state index contributed by atoms with van der Waals surface area (Å²) in [4.78, 5) is 15.3. The van der Waals surface area contributed by atoms with Crippen molar-refractivity contribution in [1.82, 2.24) is 4.90 Å². The average molecular weight is 294 g/mol. The topological polar surface area (TPSA) is 20.3 Å². The maximum Gasteiger partial charge on any atom is 0.157 e. The number of benzene rings is 1. The fourth-order valence-electron chi connectivity index (χ4n) is 3.56. The molecule has 0 saturated heterocycles. The van der Waals surface area contributed by atoms with Gasteiger partial charge in [-0.2, -0.15) is 0 Å². The molecule has 0 aromatic heterocycles. The van der Waals surface area contributed by atoms with Gasteiger partial charge < -0.3 is 0 Å². The average Bonchev–Trinajstić information content (AvgIpc) is 2.91. The van der Waals surface area contributed by atoms with E-state index in [9.17, 15) is 4.79 Å². The standard InChI is InChI=1S/C17H24ClNO/c1-3-19(4-2)17(10-5-6-11-17)16(20)13-14-8-7-9-15(18)12-14/h7-9,12H,3-6,10-11,13H2,1-2H3. The number of ketones is 1. The van der Waals surface area contributed by atoms with Crippen LogP contribution in [0, 0.1) is 0 Å². The highest BCUT2D eigenvalue weighted by Gasteiger charge is 2.44. The Balaban J connectivity index is 2.19. The molecule has 0 aliphatic heterocycles. The van der Waals surface area contributed by atoms with Gasteiger partial charge in [-0.1, -0.05) is 50.4 Å². The SMILES string of the molecule is CCN(CC)C1(C(=O)Cc2cccc(Cl)c2)CCCC1. The first-order valence-electron chi connectivity index (χ1n) is 7.65. The number of carbonyl (C=O) groups excluding carboxylic acids is 1. The van der Waals surface area contributed by atoms with Crippen LogP contribution >= 0.6 is 11.6 Å². The summed E-state index contributed by atoms with van der Waals surface area (Å²) in [5.74, 6) is 0.362. The third kappa shape index (κ3) is 3.07. The van der Waals surface area contributed by atoms with Crippen molar-refractivity contribution < 1.29 is 4.79 Å². The van der Waals surface area contributed by atoms with Gasteiger partial charge in [0.05, 0.1) is 5.54 Å². The monoisotopic (exact) mass is 293 g/mol. The zero-order valence-corrected chi connectivity index (χ0v) is 13.2. The van der Waals surface area contributed by atoms with E-state index in [0.29, 0.717) is 17.2 Å². The van der Waals surface area contributed by atoms with Gasteiger partial charge in [0.25, 0.3) is 0 Å². The first-order valence-corrected chi connectivity index (χ1v) is 8.03. The third-order valence-corrected chi connectivity index (χ3v) is 4.81. The predicted octanol–water partition coefficient (Wildman–Crippen LogP) is 4.11. The minimum Gasteiger partial charge on any atom is -0.297 e. The Morgan fingerprint density at radius 3 is 2.45 bits per heavy atom. The lowest BCUT2D eigenvalue weighted by Gasteiger charge is -2.39. The Morgan fingerprint density at radius 1 is 1.25 bits per heavy atom. The highest BCUT2D eigenvalue weighted by atomic mass is 35.5. The molecule has 2 rings (SSSR count). The fourth-order valence-corrected chi connectivity index (χ4v) is 3.77. The largest absolute Gasteiger partial charge is 0.297 e. The molecule has 1 aliphatic carbocycles. The summed E-state index contributed by atoms with van der Waals surface area (Å²) in [5.41, 5.74) is 0.798. The molecule has 0 bridgehead atoms. The molecule has 1 aliphatic rings. The minimum atomic E-state index is -0.230. The number of hydrogen-bond donors (Lipinski definition) is 0. The summed E-state index contributed by atoms with van der Waals surface area (Å²) in [6.07, 6.45) is 4.84. The fraction of sp³-hybridized carbons (Fsp3) is 0.588. The maximum atomic E-state index is 12.9. The Bertz CT molecular complexity index is 462. The van der Waals surface area contributed by atoms with Crippen LogP contribution in [0.3, 0.4) is 0 Å². The molecule has 1 saturated carbocycles. The first-order chi connectivity index (χ1) is 9.62. The van der Waals surface area contributed by atoms with E-state index >= 15 is 0 Å². The lowest BCUT2D eigenvalue weighted by Crippen LogP contribution is -2.53. The van der Waals surface area contributed by atoms with E-state index in [1.807, 2.05) is 24.3 Å². The second-order valence-electron chi connectivity index (χ2n) is 5.64. The zero-order valence-electron chi connectivity index (χ0n) is 12.5. The molecule has 0 spiro atoms. The van der Waals surface area contributed by atoms with Crippen LogP contribution < -0.4 is 0 Å². The Hall–Kier alpha value is -0.860. The molecule has 0 N–H and O–H groups in total. The van der Waals surface area contributed by atoms with Crippen molar-refractivity contribution in [3.8, 4) is 0 Å². The number of hydrogen-bond acceptors (Lipinski definition) is 2. The molecule has 0 atom stereocenters. The van der Waals surface area contributed by atoms with Crippen molar-refractivity contribution in [2.75, 3.05) is 13.1 Å². The van der Waals surface area contributed by atoms with Crippen LogP contribution in [0.5, 0.6) is 0 Å². The molecule has 2 nitrogen and oxygen atoms in total. The summed E-state index contributed by atoms with van der Waals surface area (Å²) in [6, 6.07) is 7.67. The van der Waals surface area contributed by atoms with E-state index in [1.54, 1.807) is 0 Å². The normalized spacial score (nSPS) is 17.6. The lowest BCUT2D eigenvalue weighted by atomic mass is 9.86. The number of rotatable bonds is 6. The van der Waals surface area contributed by atoms with E-state index in [1.165, 1.54) is 0 Å². The summed E-state index contributed by atoms with van der Waals surface area (Å²) in [6.45, 7) is 6.18. The van der Waals surface area contributed by atoms with Gasteiger partial charge in [0.15, 0.2) is 5.78 Å². The van der Waals surface area contributed by atoms with Crippen LogP contribution in [0.2, 0.25) is 5.02 Å². The summed E-state index contributed by atoms with van der Waals surface area (Å²) >= 11 is 6.02. The molecule has 1 aromatic rings. The number of carbonyl (C=O) groups is 1. The summed E-state index contributed by atoms with van der Waals surface area (Å²) in [7, 11) is 0. The molecule has 110 valence electrons. The van der Waals surface area contributed by atoms with Gasteiger partial charge >= 0.3 is 0 Å². The summed E-state index contributed by atoms with van der Waals surface area (Å²) < 4.78 is 0. The first kappa shape index (κ1) is 15.5. The molecular weight excluding hydrogens is 270 g/mol. The molecule has 20 heavy (non-hydrogen) atoms. The predicted molar refractivity (Wildman–Crippen MR) is 84.3 cm³/mol. The van der Waals surface area contributed by atoms with E-state index in [2.05, 4.69) is 18.7 Å². The molecule has 3 heteroatoms. The van der Waals surface area contributed by atoms with Gasteiger partial charge in [-0.15, -0.1) is 0 Å². The van der Waals surface area contributed by atoms with Crippen molar-refractivity contribution in [1.29, 1.82) is 0 Å². The van der Waals surface area contributed by atoms with Gasteiger partial charge in [-0.05, 0) is 43.6 Å². The van der Waals surface area contributed by atoms with Crippen molar-refractivity contribution >= 4 is 17.4 Å². The molecule has 1 aromatic carbocycles. The van der Waals surface area contributed by atoms with Crippen LogP contribution in [0.4, 0.5) is 0 Å².